The van der Waals surface area contributed by atoms with Crippen molar-refractivity contribution in [1.29, 1.82) is 0 Å². The third-order valence-corrected chi connectivity index (χ3v) is 5.38. The number of nitrogen functional groups attached to an aromatic ring is 1. The first-order valence-corrected chi connectivity index (χ1v) is 8.29. The van der Waals surface area contributed by atoms with Crippen molar-refractivity contribution in [3.05, 3.63) is 23.8 Å². The smallest absolute Gasteiger partial charge is 0.243 e. The molecule has 0 bridgehead atoms. The molecule has 0 saturated heterocycles. The zero-order chi connectivity index (χ0) is 14.0. The van der Waals surface area contributed by atoms with Gasteiger partial charge in [-0.3, -0.25) is 0 Å². The number of anilines is 1. The van der Waals surface area contributed by atoms with E-state index in [2.05, 4.69) is 4.72 Å². The Morgan fingerprint density at radius 3 is 2.63 bits per heavy atom. The first-order valence-electron chi connectivity index (χ1n) is 6.81. The summed E-state index contributed by atoms with van der Waals surface area (Å²) in [5.41, 5.74) is 6.82. The number of rotatable bonds is 6. The van der Waals surface area contributed by atoms with Crippen LogP contribution in [0.2, 0.25) is 0 Å². The van der Waals surface area contributed by atoms with Crippen LogP contribution in [0.1, 0.15) is 38.2 Å². The summed E-state index contributed by atoms with van der Waals surface area (Å²) in [5.74, 6) is 0.696. The summed E-state index contributed by atoms with van der Waals surface area (Å²) in [6.07, 6.45) is 4.19. The van der Waals surface area contributed by atoms with Crippen LogP contribution in [0.15, 0.2) is 23.1 Å². The van der Waals surface area contributed by atoms with Crippen LogP contribution in [0.3, 0.4) is 0 Å². The molecule has 0 aliphatic heterocycles. The van der Waals surface area contributed by atoms with E-state index < -0.39 is 10.0 Å². The quantitative estimate of drug-likeness (QED) is 0.787. The van der Waals surface area contributed by atoms with Gasteiger partial charge in [0.1, 0.15) is 4.90 Å². The molecule has 1 atom stereocenters. The van der Waals surface area contributed by atoms with E-state index in [1.54, 1.807) is 25.1 Å². The topological polar surface area (TPSA) is 72.2 Å². The maximum atomic E-state index is 12.5. The average Bonchev–Trinajstić information content (AvgIpc) is 3.11. The number of hydrogen-bond donors (Lipinski definition) is 2. The molecule has 106 valence electrons. The molecule has 0 aromatic heterocycles. The maximum Gasteiger partial charge on any atom is 0.243 e. The normalized spacial score (nSPS) is 17.4. The standard InChI is InChI=1S/C14H22N2O2S/c1-3-12(9-11-7-8-11)16-19(17,18)14-10(2)5-4-6-13(14)15/h4-6,11-12,16H,3,7-9,15H2,1-2H3. The fourth-order valence-corrected chi connectivity index (χ4v) is 4.06. The number of nitrogens with two attached hydrogens (primary N) is 1. The SMILES string of the molecule is CCC(CC1CC1)NS(=O)(=O)c1c(C)cccc1N. The third-order valence-electron chi connectivity index (χ3n) is 3.64. The fraction of sp³-hybridized carbons (Fsp3) is 0.571. The minimum Gasteiger partial charge on any atom is -0.398 e. The van der Waals surface area contributed by atoms with Gasteiger partial charge in [-0.15, -0.1) is 0 Å². The highest BCUT2D eigenvalue weighted by molar-refractivity contribution is 7.89. The van der Waals surface area contributed by atoms with E-state index in [1.807, 2.05) is 6.92 Å². The Morgan fingerprint density at radius 2 is 2.11 bits per heavy atom. The average molecular weight is 282 g/mol. The lowest BCUT2D eigenvalue weighted by atomic mass is 10.1. The first kappa shape index (κ1) is 14.3. The van der Waals surface area contributed by atoms with Crippen LogP contribution >= 0.6 is 0 Å². The van der Waals surface area contributed by atoms with Crippen LogP contribution in [-0.4, -0.2) is 14.5 Å². The van der Waals surface area contributed by atoms with Gasteiger partial charge in [0.15, 0.2) is 0 Å². The van der Waals surface area contributed by atoms with Crippen LogP contribution < -0.4 is 10.5 Å². The molecule has 1 saturated carbocycles. The molecule has 5 heteroatoms. The van der Waals surface area contributed by atoms with Crippen LogP contribution in [0, 0.1) is 12.8 Å². The van der Waals surface area contributed by atoms with Gasteiger partial charge in [0, 0.05) is 6.04 Å². The summed E-state index contributed by atoms with van der Waals surface area (Å²) in [5, 5.41) is 0. The molecule has 0 radical (unpaired) electrons. The van der Waals surface area contributed by atoms with Crippen molar-refractivity contribution in [2.75, 3.05) is 5.73 Å². The van der Waals surface area contributed by atoms with E-state index in [-0.39, 0.29) is 10.9 Å². The number of nitrogens with one attached hydrogen (secondary N) is 1. The molecular formula is C14H22N2O2S. The summed E-state index contributed by atoms with van der Waals surface area (Å²) >= 11 is 0. The monoisotopic (exact) mass is 282 g/mol. The summed E-state index contributed by atoms with van der Waals surface area (Å²) in [7, 11) is -3.53. The molecule has 4 nitrogen and oxygen atoms in total. The predicted molar refractivity (Wildman–Crippen MR) is 77.3 cm³/mol. The lowest BCUT2D eigenvalue weighted by Crippen LogP contribution is -2.35. The lowest BCUT2D eigenvalue weighted by Gasteiger charge is -2.18. The number of benzene rings is 1. The second-order valence-corrected chi connectivity index (χ2v) is 7.05. The van der Waals surface area contributed by atoms with Crippen molar-refractivity contribution in [1.82, 2.24) is 4.72 Å². The van der Waals surface area contributed by atoms with E-state index in [4.69, 9.17) is 5.73 Å². The van der Waals surface area contributed by atoms with E-state index in [0.29, 0.717) is 17.2 Å². The third kappa shape index (κ3) is 3.48. The Balaban J connectivity index is 2.21. The Hall–Kier alpha value is -1.07. The van der Waals surface area contributed by atoms with Gasteiger partial charge in [0.2, 0.25) is 10.0 Å². The highest BCUT2D eigenvalue weighted by atomic mass is 32.2. The molecular weight excluding hydrogens is 260 g/mol. The molecule has 1 unspecified atom stereocenters. The molecule has 1 aliphatic carbocycles. The number of aryl methyl sites for hydroxylation is 1. The van der Waals surface area contributed by atoms with Gasteiger partial charge < -0.3 is 5.73 Å². The summed E-state index contributed by atoms with van der Waals surface area (Å²) in [4.78, 5) is 0.226. The van der Waals surface area contributed by atoms with Crippen molar-refractivity contribution < 1.29 is 8.42 Å². The van der Waals surface area contributed by atoms with Gasteiger partial charge in [-0.05, 0) is 37.3 Å². The van der Waals surface area contributed by atoms with Crippen LogP contribution in [0.25, 0.3) is 0 Å². The minimum absolute atomic E-state index is 0.0107. The molecule has 3 N–H and O–H groups in total. The van der Waals surface area contributed by atoms with E-state index in [1.165, 1.54) is 12.8 Å². The first-order chi connectivity index (χ1) is 8.94. The summed E-state index contributed by atoms with van der Waals surface area (Å²) in [6.45, 7) is 3.78. The van der Waals surface area contributed by atoms with Crippen molar-refractivity contribution in [2.24, 2.45) is 5.92 Å². The van der Waals surface area contributed by atoms with Crippen LogP contribution in [0.4, 0.5) is 5.69 Å². The van der Waals surface area contributed by atoms with Crippen LogP contribution in [-0.2, 0) is 10.0 Å². The van der Waals surface area contributed by atoms with Gasteiger partial charge in [0.05, 0.1) is 5.69 Å². The molecule has 2 rings (SSSR count). The molecule has 1 fully saturated rings. The Kier molecular flexibility index (Phi) is 4.16. The summed E-state index contributed by atoms with van der Waals surface area (Å²) in [6, 6.07) is 5.18. The second kappa shape index (κ2) is 5.51. The Labute approximate surface area is 115 Å². The van der Waals surface area contributed by atoms with Gasteiger partial charge in [-0.2, -0.15) is 0 Å². The van der Waals surface area contributed by atoms with Crippen molar-refractivity contribution >= 4 is 15.7 Å². The van der Waals surface area contributed by atoms with Gasteiger partial charge >= 0.3 is 0 Å². The van der Waals surface area contributed by atoms with E-state index >= 15 is 0 Å². The largest absolute Gasteiger partial charge is 0.398 e. The fourth-order valence-electron chi connectivity index (χ4n) is 2.37. The van der Waals surface area contributed by atoms with Crippen molar-refractivity contribution in [2.45, 2.75) is 50.5 Å². The molecule has 0 heterocycles. The molecule has 0 spiro atoms. The van der Waals surface area contributed by atoms with E-state index in [9.17, 15) is 8.42 Å². The molecule has 0 amide bonds. The van der Waals surface area contributed by atoms with Crippen LogP contribution in [0.5, 0.6) is 0 Å². The zero-order valence-corrected chi connectivity index (χ0v) is 12.3. The highest BCUT2D eigenvalue weighted by Crippen LogP contribution is 2.34. The maximum absolute atomic E-state index is 12.5. The Morgan fingerprint density at radius 1 is 1.42 bits per heavy atom. The minimum atomic E-state index is -3.53. The molecule has 1 aromatic carbocycles. The lowest BCUT2D eigenvalue weighted by molar-refractivity contribution is 0.495. The van der Waals surface area contributed by atoms with Gasteiger partial charge in [-0.1, -0.05) is 31.9 Å². The number of hydrogen-bond acceptors (Lipinski definition) is 3. The Bertz CT molecular complexity index is 530. The van der Waals surface area contributed by atoms with Crippen molar-refractivity contribution in [3.8, 4) is 0 Å². The predicted octanol–water partition coefficient (Wildman–Crippen LogP) is 2.43. The number of sulfonamides is 1. The zero-order valence-electron chi connectivity index (χ0n) is 11.5. The van der Waals surface area contributed by atoms with E-state index in [0.717, 1.165) is 12.8 Å². The van der Waals surface area contributed by atoms with Gasteiger partial charge in [-0.25, -0.2) is 13.1 Å². The molecule has 19 heavy (non-hydrogen) atoms. The highest BCUT2D eigenvalue weighted by Gasteiger charge is 2.28. The molecule has 1 aromatic rings. The summed E-state index contributed by atoms with van der Waals surface area (Å²) < 4.78 is 27.7. The second-order valence-electron chi connectivity index (χ2n) is 5.40. The van der Waals surface area contributed by atoms with Gasteiger partial charge in [0.25, 0.3) is 0 Å². The molecule has 1 aliphatic rings. The van der Waals surface area contributed by atoms with Crippen molar-refractivity contribution in [3.63, 3.8) is 0 Å².